The van der Waals surface area contributed by atoms with Gasteiger partial charge in [0, 0.05) is 25.2 Å². The molecule has 0 spiro atoms. The monoisotopic (exact) mass is 320 g/mol. The van der Waals surface area contributed by atoms with Gasteiger partial charge in [0.25, 0.3) is 0 Å². The van der Waals surface area contributed by atoms with Gasteiger partial charge in [0.15, 0.2) is 0 Å². The highest BCUT2D eigenvalue weighted by Gasteiger charge is 2.41. The molecular formula is C22H28N2. The molecular weight excluding hydrogens is 292 g/mol. The summed E-state index contributed by atoms with van der Waals surface area (Å²) in [6.45, 7) is 6.02. The minimum atomic E-state index is 0.269. The molecule has 4 rings (SSSR count). The summed E-state index contributed by atoms with van der Waals surface area (Å²) in [6.07, 6.45) is 5.23. The number of rotatable bonds is 4. The second-order valence-electron chi connectivity index (χ2n) is 7.35. The number of benzene rings is 2. The van der Waals surface area contributed by atoms with Gasteiger partial charge in [-0.3, -0.25) is 9.80 Å². The first-order valence-corrected chi connectivity index (χ1v) is 9.44. The molecule has 24 heavy (non-hydrogen) atoms. The van der Waals surface area contributed by atoms with Crippen molar-refractivity contribution in [1.82, 2.24) is 9.80 Å². The highest BCUT2D eigenvalue weighted by atomic mass is 15.2. The van der Waals surface area contributed by atoms with E-state index in [9.17, 15) is 0 Å². The van der Waals surface area contributed by atoms with Crippen LogP contribution in [0.4, 0.5) is 0 Å². The fourth-order valence-corrected chi connectivity index (χ4v) is 4.60. The topological polar surface area (TPSA) is 6.48 Å². The van der Waals surface area contributed by atoms with Crippen LogP contribution < -0.4 is 0 Å². The van der Waals surface area contributed by atoms with Gasteiger partial charge in [0.1, 0.15) is 0 Å². The van der Waals surface area contributed by atoms with Crippen LogP contribution in [0.15, 0.2) is 60.7 Å². The Morgan fingerprint density at radius 1 is 0.708 bits per heavy atom. The maximum absolute atomic E-state index is 2.78. The average molecular weight is 320 g/mol. The molecule has 2 aliphatic heterocycles. The fraction of sp³-hybridized carbons (Fsp3) is 0.455. The second kappa shape index (κ2) is 7.08. The summed E-state index contributed by atoms with van der Waals surface area (Å²) in [5, 5.41) is 0. The lowest BCUT2D eigenvalue weighted by molar-refractivity contribution is 0.0315. The minimum Gasteiger partial charge on any atom is -0.299 e. The van der Waals surface area contributed by atoms with Gasteiger partial charge in [0.2, 0.25) is 0 Å². The van der Waals surface area contributed by atoms with Crippen LogP contribution in [0.3, 0.4) is 0 Å². The highest BCUT2D eigenvalue weighted by molar-refractivity contribution is 5.26. The summed E-state index contributed by atoms with van der Waals surface area (Å²) < 4.78 is 0. The lowest BCUT2D eigenvalue weighted by Crippen LogP contribution is -2.52. The smallest absolute Gasteiger partial charge is 0.0484 e. The second-order valence-corrected chi connectivity index (χ2v) is 7.35. The summed E-state index contributed by atoms with van der Waals surface area (Å²) in [4.78, 5) is 5.41. The third-order valence-electron chi connectivity index (χ3n) is 5.95. The molecule has 0 atom stereocenters. The van der Waals surface area contributed by atoms with Crippen LogP contribution in [-0.2, 0) is 12.1 Å². The first-order valence-electron chi connectivity index (χ1n) is 9.44. The van der Waals surface area contributed by atoms with E-state index in [1.165, 1.54) is 63.0 Å². The molecule has 2 saturated heterocycles. The molecule has 0 radical (unpaired) electrons. The SMILES string of the molecule is c1ccc(CN2CCC(c3ccccc3)(N3CCCC3)CC2)cc1. The number of hydrogen-bond donors (Lipinski definition) is 0. The molecule has 0 amide bonds. The van der Waals surface area contributed by atoms with E-state index in [-0.39, 0.29) is 5.54 Å². The van der Waals surface area contributed by atoms with Crippen LogP contribution in [-0.4, -0.2) is 36.0 Å². The Balaban J connectivity index is 1.51. The van der Waals surface area contributed by atoms with Crippen molar-refractivity contribution < 1.29 is 0 Å². The van der Waals surface area contributed by atoms with Crippen molar-refractivity contribution in [3.05, 3.63) is 71.8 Å². The van der Waals surface area contributed by atoms with Crippen molar-refractivity contribution in [2.45, 2.75) is 37.8 Å². The van der Waals surface area contributed by atoms with Crippen molar-refractivity contribution in [2.75, 3.05) is 26.2 Å². The first kappa shape index (κ1) is 15.9. The minimum absolute atomic E-state index is 0.269. The van der Waals surface area contributed by atoms with E-state index in [1.807, 2.05) is 0 Å². The van der Waals surface area contributed by atoms with E-state index in [0.29, 0.717) is 0 Å². The van der Waals surface area contributed by atoms with E-state index >= 15 is 0 Å². The Hall–Kier alpha value is -1.64. The summed E-state index contributed by atoms with van der Waals surface area (Å²) in [7, 11) is 0. The quantitative estimate of drug-likeness (QED) is 0.830. The number of likely N-dealkylation sites (tertiary alicyclic amines) is 2. The van der Waals surface area contributed by atoms with Gasteiger partial charge in [-0.15, -0.1) is 0 Å². The molecule has 0 saturated carbocycles. The molecule has 0 unspecified atom stereocenters. The number of nitrogens with zero attached hydrogens (tertiary/aromatic N) is 2. The fourth-order valence-electron chi connectivity index (χ4n) is 4.60. The van der Waals surface area contributed by atoms with Gasteiger partial charge in [-0.05, 0) is 49.9 Å². The molecule has 0 aromatic heterocycles. The molecule has 126 valence electrons. The molecule has 0 N–H and O–H groups in total. The summed E-state index contributed by atoms with van der Waals surface area (Å²) in [6, 6.07) is 22.2. The Kier molecular flexibility index (Phi) is 4.68. The number of hydrogen-bond acceptors (Lipinski definition) is 2. The zero-order valence-corrected chi connectivity index (χ0v) is 14.5. The van der Waals surface area contributed by atoms with Gasteiger partial charge in [-0.1, -0.05) is 60.7 Å². The maximum atomic E-state index is 2.78. The summed E-state index contributed by atoms with van der Waals surface area (Å²) in [5.41, 5.74) is 3.24. The molecule has 2 aromatic rings. The standard InChI is InChI=1S/C22H28N2/c1-3-9-20(10-4-1)19-23-17-13-22(14-18-23,24-15-7-8-16-24)21-11-5-2-6-12-21/h1-6,9-12H,7-8,13-19H2. The normalized spacial score (nSPS) is 21.8. The third-order valence-corrected chi connectivity index (χ3v) is 5.95. The first-order chi connectivity index (χ1) is 11.9. The molecule has 2 fully saturated rings. The molecule has 2 aromatic carbocycles. The Morgan fingerprint density at radius 3 is 1.92 bits per heavy atom. The van der Waals surface area contributed by atoms with Gasteiger partial charge in [-0.2, -0.15) is 0 Å². The van der Waals surface area contributed by atoms with Crippen LogP contribution >= 0.6 is 0 Å². The van der Waals surface area contributed by atoms with Crippen LogP contribution in [0.25, 0.3) is 0 Å². The molecule has 0 bridgehead atoms. The van der Waals surface area contributed by atoms with E-state index in [4.69, 9.17) is 0 Å². The Bertz CT molecular complexity index is 624. The summed E-state index contributed by atoms with van der Waals surface area (Å²) >= 11 is 0. The lowest BCUT2D eigenvalue weighted by Gasteiger charge is -2.48. The van der Waals surface area contributed by atoms with Crippen molar-refractivity contribution >= 4 is 0 Å². The van der Waals surface area contributed by atoms with E-state index in [2.05, 4.69) is 70.5 Å². The van der Waals surface area contributed by atoms with Crippen molar-refractivity contribution in [3.63, 3.8) is 0 Å². The Labute approximate surface area is 146 Å². The molecule has 2 heteroatoms. The molecule has 2 nitrogen and oxygen atoms in total. The van der Waals surface area contributed by atoms with Gasteiger partial charge < -0.3 is 0 Å². The van der Waals surface area contributed by atoms with E-state index < -0.39 is 0 Å². The van der Waals surface area contributed by atoms with Crippen LogP contribution in [0, 0.1) is 0 Å². The van der Waals surface area contributed by atoms with Gasteiger partial charge in [0.05, 0.1) is 0 Å². The zero-order chi connectivity index (χ0) is 16.2. The molecule has 0 aliphatic carbocycles. The largest absolute Gasteiger partial charge is 0.299 e. The molecule has 2 aliphatic rings. The predicted molar refractivity (Wildman–Crippen MR) is 99.9 cm³/mol. The van der Waals surface area contributed by atoms with Gasteiger partial charge in [-0.25, -0.2) is 0 Å². The van der Waals surface area contributed by atoms with Crippen molar-refractivity contribution in [3.8, 4) is 0 Å². The maximum Gasteiger partial charge on any atom is 0.0484 e. The highest BCUT2D eigenvalue weighted by Crippen LogP contribution is 2.41. The lowest BCUT2D eigenvalue weighted by atomic mass is 9.79. The summed E-state index contributed by atoms with van der Waals surface area (Å²) in [5.74, 6) is 0. The third kappa shape index (κ3) is 3.13. The van der Waals surface area contributed by atoms with Crippen molar-refractivity contribution in [1.29, 1.82) is 0 Å². The Morgan fingerprint density at radius 2 is 1.29 bits per heavy atom. The van der Waals surface area contributed by atoms with Crippen LogP contribution in [0.1, 0.15) is 36.8 Å². The van der Waals surface area contributed by atoms with Crippen LogP contribution in [0.5, 0.6) is 0 Å². The van der Waals surface area contributed by atoms with Crippen molar-refractivity contribution in [2.24, 2.45) is 0 Å². The van der Waals surface area contributed by atoms with Crippen LogP contribution in [0.2, 0.25) is 0 Å². The molecule has 2 heterocycles. The van der Waals surface area contributed by atoms with Gasteiger partial charge >= 0.3 is 0 Å². The van der Waals surface area contributed by atoms with E-state index in [1.54, 1.807) is 0 Å². The zero-order valence-electron chi connectivity index (χ0n) is 14.5. The average Bonchev–Trinajstić information content (AvgIpc) is 3.19. The number of piperidine rings is 1. The van der Waals surface area contributed by atoms with E-state index in [0.717, 1.165) is 6.54 Å². The predicted octanol–water partition coefficient (Wildman–Crippen LogP) is 4.27.